The van der Waals surface area contributed by atoms with Crippen LogP contribution in [0.5, 0.6) is 0 Å². The minimum Gasteiger partial charge on any atom is -0.381 e. The Balaban J connectivity index is 2.08. The average molecular weight is 239 g/mol. The van der Waals surface area contributed by atoms with Gasteiger partial charge in [0.2, 0.25) is 0 Å². The molecular formula is C13H13N5. The number of hydrogen-bond donors (Lipinski definition) is 1. The van der Waals surface area contributed by atoms with Crippen LogP contribution >= 0.6 is 0 Å². The SMILES string of the molecule is Cc1c(N)nnn1Cc1ccnc2ccccc12. The highest BCUT2D eigenvalue weighted by atomic mass is 15.4. The predicted octanol–water partition coefficient (Wildman–Crippen LogP) is 1.77. The number of benzene rings is 1. The summed E-state index contributed by atoms with van der Waals surface area (Å²) in [7, 11) is 0. The summed E-state index contributed by atoms with van der Waals surface area (Å²) < 4.78 is 1.80. The lowest BCUT2D eigenvalue weighted by atomic mass is 10.1. The lowest BCUT2D eigenvalue weighted by Crippen LogP contribution is -2.05. The van der Waals surface area contributed by atoms with Crippen LogP contribution in [0.25, 0.3) is 10.9 Å². The van der Waals surface area contributed by atoms with Crippen LogP contribution in [0, 0.1) is 6.92 Å². The Bertz CT molecular complexity index is 696. The second-order valence-corrected chi connectivity index (χ2v) is 4.20. The third-order valence-corrected chi connectivity index (χ3v) is 3.08. The highest BCUT2D eigenvalue weighted by Gasteiger charge is 2.07. The highest BCUT2D eigenvalue weighted by molar-refractivity contribution is 5.81. The summed E-state index contributed by atoms with van der Waals surface area (Å²) in [6.07, 6.45) is 1.81. The molecule has 1 aromatic carbocycles. The van der Waals surface area contributed by atoms with E-state index in [1.54, 1.807) is 4.68 Å². The molecule has 0 aliphatic carbocycles. The van der Waals surface area contributed by atoms with E-state index >= 15 is 0 Å². The fraction of sp³-hybridized carbons (Fsp3) is 0.154. The number of para-hydroxylation sites is 1. The maximum atomic E-state index is 5.70. The summed E-state index contributed by atoms with van der Waals surface area (Å²) in [5, 5.41) is 9.04. The number of anilines is 1. The van der Waals surface area contributed by atoms with Crippen molar-refractivity contribution in [1.82, 2.24) is 20.0 Å². The van der Waals surface area contributed by atoms with Crippen LogP contribution in [-0.2, 0) is 6.54 Å². The van der Waals surface area contributed by atoms with Gasteiger partial charge in [-0.2, -0.15) is 0 Å². The van der Waals surface area contributed by atoms with Crippen LogP contribution < -0.4 is 5.73 Å². The van der Waals surface area contributed by atoms with Gasteiger partial charge in [-0.3, -0.25) is 4.98 Å². The van der Waals surface area contributed by atoms with Crippen molar-refractivity contribution >= 4 is 16.7 Å². The normalized spacial score (nSPS) is 10.9. The average Bonchev–Trinajstić information content (AvgIpc) is 2.71. The standard InChI is InChI=1S/C13H13N5/c1-9-13(14)16-17-18(9)8-10-6-7-15-12-5-3-2-4-11(10)12/h2-7H,8,14H2,1H3. The maximum absolute atomic E-state index is 5.70. The summed E-state index contributed by atoms with van der Waals surface area (Å²) in [5.74, 6) is 0.480. The van der Waals surface area contributed by atoms with Crippen molar-refractivity contribution < 1.29 is 0 Å². The van der Waals surface area contributed by atoms with Gasteiger partial charge < -0.3 is 5.73 Å². The highest BCUT2D eigenvalue weighted by Crippen LogP contribution is 2.18. The molecule has 3 aromatic rings. The molecule has 0 spiro atoms. The summed E-state index contributed by atoms with van der Waals surface area (Å²) in [4.78, 5) is 4.34. The molecule has 0 bridgehead atoms. The molecular weight excluding hydrogens is 226 g/mol. The van der Waals surface area contributed by atoms with Gasteiger partial charge in [-0.1, -0.05) is 23.4 Å². The second kappa shape index (κ2) is 4.10. The summed E-state index contributed by atoms with van der Waals surface area (Å²) in [6, 6.07) is 10.1. The zero-order valence-electron chi connectivity index (χ0n) is 10.0. The Hall–Kier alpha value is -2.43. The fourth-order valence-electron chi connectivity index (χ4n) is 1.98. The van der Waals surface area contributed by atoms with Crippen molar-refractivity contribution in [3.8, 4) is 0 Å². The molecule has 0 saturated heterocycles. The molecule has 0 amide bonds. The number of rotatable bonds is 2. The van der Waals surface area contributed by atoms with Crippen molar-refractivity contribution in [3.63, 3.8) is 0 Å². The van der Waals surface area contributed by atoms with Gasteiger partial charge in [-0.15, -0.1) is 5.10 Å². The van der Waals surface area contributed by atoms with Crippen molar-refractivity contribution in [2.75, 3.05) is 5.73 Å². The van der Waals surface area contributed by atoms with Gasteiger partial charge in [0, 0.05) is 11.6 Å². The molecule has 0 atom stereocenters. The van der Waals surface area contributed by atoms with Crippen molar-refractivity contribution in [3.05, 3.63) is 47.8 Å². The molecule has 0 radical (unpaired) electrons. The Morgan fingerprint density at radius 3 is 2.83 bits per heavy atom. The molecule has 2 N–H and O–H groups in total. The minimum absolute atomic E-state index is 0.480. The van der Waals surface area contributed by atoms with Crippen molar-refractivity contribution in [2.24, 2.45) is 0 Å². The number of nitrogen functional groups attached to an aromatic ring is 1. The Kier molecular flexibility index (Phi) is 2.44. The first kappa shape index (κ1) is 10.7. The molecule has 90 valence electrons. The number of fused-ring (bicyclic) bond motifs is 1. The Morgan fingerprint density at radius 2 is 2.06 bits per heavy atom. The molecule has 0 aliphatic heterocycles. The third-order valence-electron chi connectivity index (χ3n) is 3.08. The van der Waals surface area contributed by atoms with Gasteiger partial charge in [-0.05, 0) is 24.6 Å². The van der Waals surface area contributed by atoms with E-state index in [-0.39, 0.29) is 0 Å². The van der Waals surface area contributed by atoms with E-state index in [0.29, 0.717) is 12.4 Å². The summed E-state index contributed by atoms with van der Waals surface area (Å²) in [6.45, 7) is 2.57. The van der Waals surface area contributed by atoms with Gasteiger partial charge in [-0.25, -0.2) is 4.68 Å². The lowest BCUT2D eigenvalue weighted by molar-refractivity contribution is 0.635. The van der Waals surface area contributed by atoms with E-state index in [4.69, 9.17) is 5.73 Å². The topological polar surface area (TPSA) is 69.6 Å². The van der Waals surface area contributed by atoms with Crippen LogP contribution in [-0.4, -0.2) is 20.0 Å². The van der Waals surface area contributed by atoms with Crippen LogP contribution in [0.3, 0.4) is 0 Å². The van der Waals surface area contributed by atoms with Crippen molar-refractivity contribution in [2.45, 2.75) is 13.5 Å². The molecule has 0 unspecified atom stereocenters. The van der Waals surface area contributed by atoms with E-state index in [0.717, 1.165) is 22.2 Å². The molecule has 0 fully saturated rings. The van der Waals surface area contributed by atoms with E-state index < -0.39 is 0 Å². The van der Waals surface area contributed by atoms with Crippen LogP contribution in [0.4, 0.5) is 5.82 Å². The zero-order valence-corrected chi connectivity index (χ0v) is 10.0. The van der Waals surface area contributed by atoms with Crippen LogP contribution in [0.15, 0.2) is 36.5 Å². The third kappa shape index (κ3) is 1.69. The van der Waals surface area contributed by atoms with E-state index in [2.05, 4.69) is 21.4 Å². The molecule has 3 rings (SSSR count). The van der Waals surface area contributed by atoms with Gasteiger partial charge >= 0.3 is 0 Å². The molecule has 2 aromatic heterocycles. The molecule has 18 heavy (non-hydrogen) atoms. The molecule has 2 heterocycles. The smallest absolute Gasteiger partial charge is 0.168 e. The quantitative estimate of drug-likeness (QED) is 0.739. The van der Waals surface area contributed by atoms with Crippen LogP contribution in [0.1, 0.15) is 11.3 Å². The first-order chi connectivity index (χ1) is 8.75. The van der Waals surface area contributed by atoms with Crippen LogP contribution in [0.2, 0.25) is 0 Å². The fourth-order valence-corrected chi connectivity index (χ4v) is 1.98. The maximum Gasteiger partial charge on any atom is 0.168 e. The van der Waals surface area contributed by atoms with Gasteiger partial charge in [0.1, 0.15) is 0 Å². The lowest BCUT2D eigenvalue weighted by Gasteiger charge is -2.06. The molecule has 5 heteroatoms. The van der Waals surface area contributed by atoms with E-state index in [1.165, 1.54) is 0 Å². The molecule has 5 nitrogen and oxygen atoms in total. The number of aromatic nitrogens is 4. The van der Waals surface area contributed by atoms with E-state index in [1.807, 2.05) is 37.4 Å². The van der Waals surface area contributed by atoms with Gasteiger partial charge in [0.15, 0.2) is 5.82 Å². The first-order valence-corrected chi connectivity index (χ1v) is 5.74. The largest absolute Gasteiger partial charge is 0.381 e. The summed E-state index contributed by atoms with van der Waals surface area (Å²) in [5.41, 5.74) is 8.73. The minimum atomic E-state index is 0.480. The Labute approximate surface area is 104 Å². The predicted molar refractivity (Wildman–Crippen MR) is 70.0 cm³/mol. The van der Waals surface area contributed by atoms with Gasteiger partial charge in [0.25, 0.3) is 0 Å². The second-order valence-electron chi connectivity index (χ2n) is 4.20. The molecule has 0 aliphatic rings. The monoisotopic (exact) mass is 239 g/mol. The molecule has 0 saturated carbocycles. The van der Waals surface area contributed by atoms with Gasteiger partial charge in [0.05, 0.1) is 17.8 Å². The number of nitrogens with zero attached hydrogens (tertiary/aromatic N) is 4. The van der Waals surface area contributed by atoms with Crippen molar-refractivity contribution in [1.29, 1.82) is 0 Å². The Morgan fingerprint density at radius 1 is 1.22 bits per heavy atom. The first-order valence-electron chi connectivity index (χ1n) is 5.74. The number of hydrogen-bond acceptors (Lipinski definition) is 4. The number of pyridine rings is 1. The number of nitrogens with two attached hydrogens (primary N) is 1. The van der Waals surface area contributed by atoms with E-state index in [9.17, 15) is 0 Å². The zero-order chi connectivity index (χ0) is 12.5. The summed E-state index contributed by atoms with van der Waals surface area (Å²) >= 11 is 0.